The molecule has 0 radical (unpaired) electrons. The fourth-order valence-corrected chi connectivity index (χ4v) is 3.65. The summed E-state index contributed by atoms with van der Waals surface area (Å²) in [7, 11) is 3.87. The van der Waals surface area contributed by atoms with Crippen molar-refractivity contribution in [2.24, 2.45) is 11.8 Å². The molecule has 1 aromatic carbocycles. The van der Waals surface area contributed by atoms with Crippen LogP contribution in [0.1, 0.15) is 43.7 Å². The first-order chi connectivity index (χ1) is 9.63. The highest BCUT2D eigenvalue weighted by Gasteiger charge is 2.26. The Balaban J connectivity index is 2.11. The second kappa shape index (κ2) is 7.12. The quantitative estimate of drug-likeness (QED) is 0.878. The molecule has 1 aromatic rings. The lowest BCUT2D eigenvalue weighted by Crippen LogP contribution is -2.38. The third-order valence-electron chi connectivity index (χ3n) is 4.79. The van der Waals surface area contributed by atoms with Crippen molar-refractivity contribution < 1.29 is 4.74 Å². The number of ether oxygens (including phenoxy) is 1. The summed E-state index contributed by atoms with van der Waals surface area (Å²) in [4.78, 5) is 0. The summed E-state index contributed by atoms with van der Waals surface area (Å²) in [6.45, 7) is 4.55. The van der Waals surface area contributed by atoms with E-state index in [1.54, 1.807) is 7.11 Å². The summed E-state index contributed by atoms with van der Waals surface area (Å²) in [5.74, 6) is 2.71. The van der Waals surface area contributed by atoms with Gasteiger partial charge in [-0.1, -0.05) is 37.5 Å². The van der Waals surface area contributed by atoms with Gasteiger partial charge in [0.05, 0.1) is 7.11 Å². The largest absolute Gasteiger partial charge is 0.496 e. The van der Waals surface area contributed by atoms with Crippen LogP contribution in [0.5, 0.6) is 5.75 Å². The van der Waals surface area contributed by atoms with Gasteiger partial charge in [0.2, 0.25) is 0 Å². The fraction of sp³-hybridized carbons (Fsp3) is 0.667. The predicted octanol–water partition coefficient (Wildman–Crippen LogP) is 3.96. The third-order valence-corrected chi connectivity index (χ3v) is 4.79. The second-order valence-corrected chi connectivity index (χ2v) is 6.45. The summed E-state index contributed by atoms with van der Waals surface area (Å²) < 4.78 is 5.53. The minimum absolute atomic E-state index is 0.563. The smallest absolute Gasteiger partial charge is 0.122 e. The minimum atomic E-state index is 0.563. The summed E-state index contributed by atoms with van der Waals surface area (Å²) in [6, 6.07) is 7.06. The standard InChI is InChI=1S/C18H29NO/c1-13-6-5-7-15(10-13)17(19-3)12-16-11-14(2)8-9-18(16)20-4/h8-9,11,13,15,17,19H,5-7,10,12H2,1-4H3. The van der Waals surface area contributed by atoms with Crippen LogP contribution in [-0.2, 0) is 6.42 Å². The Morgan fingerprint density at radius 2 is 2.15 bits per heavy atom. The number of likely N-dealkylation sites (N-methyl/N-ethyl adjacent to an activating group) is 1. The van der Waals surface area contributed by atoms with E-state index in [2.05, 4.69) is 44.4 Å². The highest BCUT2D eigenvalue weighted by Crippen LogP contribution is 2.33. The van der Waals surface area contributed by atoms with E-state index in [-0.39, 0.29) is 0 Å². The molecule has 0 spiro atoms. The minimum Gasteiger partial charge on any atom is -0.496 e. The first-order valence-corrected chi connectivity index (χ1v) is 7.94. The van der Waals surface area contributed by atoms with Crippen LogP contribution in [-0.4, -0.2) is 20.2 Å². The van der Waals surface area contributed by atoms with Gasteiger partial charge in [0, 0.05) is 6.04 Å². The van der Waals surface area contributed by atoms with Gasteiger partial charge in [-0.15, -0.1) is 0 Å². The van der Waals surface area contributed by atoms with E-state index in [0.29, 0.717) is 6.04 Å². The van der Waals surface area contributed by atoms with Crippen LogP contribution in [0, 0.1) is 18.8 Å². The third kappa shape index (κ3) is 3.76. The van der Waals surface area contributed by atoms with Crippen LogP contribution >= 0.6 is 0 Å². The van der Waals surface area contributed by atoms with Gasteiger partial charge >= 0.3 is 0 Å². The fourth-order valence-electron chi connectivity index (χ4n) is 3.65. The molecule has 112 valence electrons. The molecule has 0 aromatic heterocycles. The summed E-state index contributed by atoms with van der Waals surface area (Å²) >= 11 is 0. The van der Waals surface area contributed by atoms with Gasteiger partial charge in [0.15, 0.2) is 0 Å². The molecule has 1 aliphatic rings. The van der Waals surface area contributed by atoms with E-state index >= 15 is 0 Å². The zero-order valence-electron chi connectivity index (χ0n) is 13.4. The van der Waals surface area contributed by atoms with Crippen LogP contribution in [0.25, 0.3) is 0 Å². The average molecular weight is 275 g/mol. The Labute approximate surface area is 123 Å². The van der Waals surface area contributed by atoms with Crippen LogP contribution in [0.15, 0.2) is 18.2 Å². The van der Waals surface area contributed by atoms with Gasteiger partial charge in [-0.3, -0.25) is 0 Å². The maximum Gasteiger partial charge on any atom is 0.122 e. The Kier molecular flexibility index (Phi) is 5.47. The van der Waals surface area contributed by atoms with E-state index in [1.807, 2.05) is 0 Å². The van der Waals surface area contributed by atoms with Crippen LogP contribution in [0.3, 0.4) is 0 Å². The van der Waals surface area contributed by atoms with Crippen molar-refractivity contribution in [3.63, 3.8) is 0 Å². The van der Waals surface area contributed by atoms with Crippen molar-refractivity contribution in [2.45, 2.75) is 52.0 Å². The number of rotatable bonds is 5. The molecule has 2 rings (SSSR count). The van der Waals surface area contributed by atoms with Gasteiger partial charge in [-0.25, -0.2) is 0 Å². The molecule has 1 N–H and O–H groups in total. The molecule has 0 aliphatic heterocycles. The number of hydrogen-bond acceptors (Lipinski definition) is 2. The van der Waals surface area contributed by atoms with Gasteiger partial charge in [-0.2, -0.15) is 0 Å². The molecule has 3 unspecified atom stereocenters. The van der Waals surface area contributed by atoms with Crippen molar-refractivity contribution in [2.75, 3.05) is 14.2 Å². The van der Waals surface area contributed by atoms with Crippen LogP contribution in [0.4, 0.5) is 0 Å². The zero-order chi connectivity index (χ0) is 14.5. The molecule has 3 atom stereocenters. The summed E-state index contributed by atoms with van der Waals surface area (Å²) in [5, 5.41) is 3.56. The lowest BCUT2D eigenvalue weighted by atomic mass is 9.77. The molecular weight excluding hydrogens is 246 g/mol. The van der Waals surface area contributed by atoms with Crippen molar-refractivity contribution >= 4 is 0 Å². The van der Waals surface area contributed by atoms with Gasteiger partial charge in [-0.05, 0) is 56.7 Å². The maximum absolute atomic E-state index is 5.53. The Bertz CT molecular complexity index is 429. The number of benzene rings is 1. The molecule has 0 amide bonds. The predicted molar refractivity (Wildman–Crippen MR) is 85.4 cm³/mol. The van der Waals surface area contributed by atoms with Crippen molar-refractivity contribution in [1.82, 2.24) is 5.32 Å². The molecule has 1 fully saturated rings. The maximum atomic E-state index is 5.53. The highest BCUT2D eigenvalue weighted by atomic mass is 16.5. The van der Waals surface area contributed by atoms with E-state index in [9.17, 15) is 0 Å². The SMILES string of the molecule is CNC(Cc1cc(C)ccc1OC)C1CCCC(C)C1. The Morgan fingerprint density at radius 1 is 1.35 bits per heavy atom. The van der Waals surface area contributed by atoms with E-state index in [0.717, 1.165) is 24.0 Å². The van der Waals surface area contributed by atoms with Gasteiger partial charge < -0.3 is 10.1 Å². The van der Waals surface area contributed by atoms with Crippen molar-refractivity contribution in [1.29, 1.82) is 0 Å². The topological polar surface area (TPSA) is 21.3 Å². The average Bonchev–Trinajstić information content (AvgIpc) is 2.45. The molecular formula is C18H29NO. The summed E-state index contributed by atoms with van der Waals surface area (Å²) in [5.41, 5.74) is 2.65. The molecule has 1 saturated carbocycles. The summed E-state index contributed by atoms with van der Waals surface area (Å²) in [6.07, 6.45) is 6.58. The first kappa shape index (κ1) is 15.4. The number of hydrogen-bond donors (Lipinski definition) is 1. The monoisotopic (exact) mass is 275 g/mol. The number of aryl methyl sites for hydroxylation is 1. The molecule has 20 heavy (non-hydrogen) atoms. The molecule has 0 heterocycles. The van der Waals surface area contributed by atoms with E-state index in [1.165, 1.54) is 36.8 Å². The van der Waals surface area contributed by atoms with Gasteiger partial charge in [0.1, 0.15) is 5.75 Å². The van der Waals surface area contributed by atoms with Crippen LogP contribution < -0.4 is 10.1 Å². The number of nitrogens with one attached hydrogen (secondary N) is 1. The van der Waals surface area contributed by atoms with Crippen molar-refractivity contribution in [3.05, 3.63) is 29.3 Å². The van der Waals surface area contributed by atoms with Crippen molar-refractivity contribution in [3.8, 4) is 5.75 Å². The zero-order valence-corrected chi connectivity index (χ0v) is 13.4. The molecule has 1 aliphatic carbocycles. The lowest BCUT2D eigenvalue weighted by Gasteiger charge is -2.33. The molecule has 2 heteroatoms. The normalized spacial score (nSPS) is 24.4. The Morgan fingerprint density at radius 3 is 2.80 bits per heavy atom. The van der Waals surface area contributed by atoms with Gasteiger partial charge in [0.25, 0.3) is 0 Å². The molecule has 2 nitrogen and oxygen atoms in total. The lowest BCUT2D eigenvalue weighted by molar-refractivity contribution is 0.226. The highest BCUT2D eigenvalue weighted by molar-refractivity contribution is 5.37. The molecule has 0 saturated heterocycles. The van der Waals surface area contributed by atoms with E-state index in [4.69, 9.17) is 4.74 Å². The van der Waals surface area contributed by atoms with Crippen LogP contribution in [0.2, 0.25) is 0 Å². The Hall–Kier alpha value is -1.02. The second-order valence-electron chi connectivity index (χ2n) is 6.45. The first-order valence-electron chi connectivity index (χ1n) is 7.94. The van der Waals surface area contributed by atoms with E-state index < -0.39 is 0 Å². The number of methoxy groups -OCH3 is 1. The molecule has 0 bridgehead atoms.